The van der Waals surface area contributed by atoms with E-state index in [9.17, 15) is 18.0 Å². The fourth-order valence-electron chi connectivity index (χ4n) is 4.59. The van der Waals surface area contributed by atoms with Crippen molar-refractivity contribution < 1.29 is 18.0 Å². The third-order valence-electron chi connectivity index (χ3n) is 6.65. The number of carbonyl (C=O) groups excluding carboxylic acids is 1. The number of benzene rings is 2. The molecule has 5 rings (SSSR count). The van der Waals surface area contributed by atoms with Crippen molar-refractivity contribution in [3.05, 3.63) is 68.3 Å². The molecule has 1 amide bonds. The van der Waals surface area contributed by atoms with E-state index in [4.69, 9.17) is 23.2 Å². The summed E-state index contributed by atoms with van der Waals surface area (Å²) in [5.74, 6) is -1.04. The van der Waals surface area contributed by atoms with E-state index < -0.39 is 12.1 Å². The number of rotatable bonds is 6. The number of anilines is 3. The van der Waals surface area contributed by atoms with Crippen molar-refractivity contribution in [1.82, 2.24) is 14.9 Å². The summed E-state index contributed by atoms with van der Waals surface area (Å²) in [6, 6.07) is 12.4. The fourth-order valence-corrected chi connectivity index (χ4v) is 5.68. The topological polar surface area (TPSA) is 62.2 Å². The summed E-state index contributed by atoms with van der Waals surface area (Å²) < 4.78 is 41.9. The van der Waals surface area contributed by atoms with Gasteiger partial charge in [-0.1, -0.05) is 35.3 Å². The molecule has 0 aliphatic carbocycles. The van der Waals surface area contributed by atoms with Crippen molar-refractivity contribution in [2.75, 3.05) is 23.3 Å². The van der Waals surface area contributed by atoms with Gasteiger partial charge >= 0.3 is 6.18 Å². The Hall–Kier alpha value is -2.95. The van der Waals surface area contributed by atoms with E-state index in [1.165, 1.54) is 11.3 Å². The zero-order valence-electron chi connectivity index (χ0n) is 20.3. The number of aromatic nitrogens is 2. The van der Waals surface area contributed by atoms with Crippen LogP contribution in [0.5, 0.6) is 0 Å². The van der Waals surface area contributed by atoms with Gasteiger partial charge < -0.3 is 20.1 Å². The molecule has 3 heterocycles. The number of hydrogen-bond donors (Lipinski definition) is 2. The number of fused-ring (bicyclic) bond motifs is 1. The Kier molecular flexibility index (Phi) is 7.48. The largest absolute Gasteiger partial charge is 0.393 e. The second-order valence-corrected chi connectivity index (χ2v) is 11.0. The Balaban J connectivity index is 1.37. The van der Waals surface area contributed by atoms with E-state index in [1.807, 2.05) is 35.2 Å². The standard InChI is InChI=1S/C26H24Cl2F3N5OS/c1-35-22-12-21(36-8-2-4-16(14-36)26(29,30)31)18(28)11-20(22)34-25(35)33-19-10-15(6-7-17(19)27)13-32-24(37)23-5-3-9-38-23/h3,5-7,9-12,16H,2,4,8,13-14H2,1H3,(H,32,37)(H,33,34). The molecule has 2 aromatic heterocycles. The Bertz CT molecular complexity index is 1470. The summed E-state index contributed by atoms with van der Waals surface area (Å²) in [6.07, 6.45) is -3.67. The number of nitrogens with zero attached hydrogens (tertiary/aromatic N) is 3. The predicted octanol–water partition coefficient (Wildman–Crippen LogP) is 7.39. The molecule has 2 aromatic carbocycles. The van der Waals surface area contributed by atoms with E-state index >= 15 is 0 Å². The van der Waals surface area contributed by atoms with Gasteiger partial charge in [-0.15, -0.1) is 11.3 Å². The van der Waals surface area contributed by atoms with Crippen molar-refractivity contribution in [2.45, 2.75) is 25.6 Å². The summed E-state index contributed by atoms with van der Waals surface area (Å²) in [5.41, 5.74) is 3.32. The smallest absolute Gasteiger partial charge is 0.370 e. The summed E-state index contributed by atoms with van der Waals surface area (Å²) in [7, 11) is 1.81. The average molecular weight is 582 g/mol. The van der Waals surface area contributed by atoms with E-state index in [1.54, 1.807) is 29.2 Å². The molecule has 0 bridgehead atoms. The molecule has 1 aliphatic heterocycles. The van der Waals surface area contributed by atoms with Gasteiger partial charge in [0.15, 0.2) is 0 Å². The first-order chi connectivity index (χ1) is 18.1. The lowest BCUT2D eigenvalue weighted by molar-refractivity contribution is -0.175. The lowest BCUT2D eigenvalue weighted by Crippen LogP contribution is -2.41. The molecule has 2 N–H and O–H groups in total. The Morgan fingerprint density at radius 3 is 2.74 bits per heavy atom. The van der Waals surface area contributed by atoms with E-state index in [2.05, 4.69) is 15.6 Å². The monoisotopic (exact) mass is 581 g/mol. The van der Waals surface area contributed by atoms with Gasteiger partial charge in [0.05, 0.1) is 43.2 Å². The number of aryl methyl sites for hydroxylation is 1. The molecular formula is C26H24Cl2F3N5OS. The molecule has 1 fully saturated rings. The van der Waals surface area contributed by atoms with Crippen LogP contribution in [0.2, 0.25) is 10.0 Å². The SMILES string of the molecule is Cn1c(Nc2cc(CNC(=O)c3cccs3)ccc2Cl)nc2cc(Cl)c(N3CCCC(C(F)(F)F)C3)cc21. The number of thiophene rings is 1. The highest BCUT2D eigenvalue weighted by Gasteiger charge is 2.42. The highest BCUT2D eigenvalue weighted by atomic mass is 35.5. The van der Waals surface area contributed by atoms with Crippen LogP contribution in [0, 0.1) is 5.92 Å². The number of imidazole rings is 1. The minimum Gasteiger partial charge on any atom is -0.370 e. The molecule has 6 nitrogen and oxygen atoms in total. The highest BCUT2D eigenvalue weighted by molar-refractivity contribution is 7.12. The number of halogens is 5. The summed E-state index contributed by atoms with van der Waals surface area (Å²) in [4.78, 5) is 19.2. The Morgan fingerprint density at radius 1 is 1.18 bits per heavy atom. The second-order valence-electron chi connectivity index (χ2n) is 9.21. The molecule has 0 saturated carbocycles. The fraction of sp³-hybridized carbons (Fsp3) is 0.308. The summed E-state index contributed by atoms with van der Waals surface area (Å²) in [5, 5.41) is 8.79. The maximum atomic E-state index is 13.4. The zero-order valence-corrected chi connectivity index (χ0v) is 22.6. The van der Waals surface area contributed by atoms with Crippen LogP contribution < -0.4 is 15.5 Å². The van der Waals surface area contributed by atoms with Crippen molar-refractivity contribution in [3.63, 3.8) is 0 Å². The molecule has 1 atom stereocenters. The van der Waals surface area contributed by atoms with Gasteiger partial charge in [-0.25, -0.2) is 4.98 Å². The maximum Gasteiger partial charge on any atom is 0.393 e. The first-order valence-corrected chi connectivity index (χ1v) is 13.6. The maximum absolute atomic E-state index is 13.4. The number of amides is 1. The minimum absolute atomic E-state index is 0.122. The molecular weight excluding hydrogens is 558 g/mol. The van der Waals surface area contributed by atoms with E-state index in [0.29, 0.717) is 57.3 Å². The van der Waals surface area contributed by atoms with Crippen LogP contribution in [0.1, 0.15) is 28.1 Å². The number of nitrogens with one attached hydrogen (secondary N) is 2. The van der Waals surface area contributed by atoms with Crippen molar-refractivity contribution in [1.29, 1.82) is 0 Å². The predicted molar refractivity (Wildman–Crippen MR) is 147 cm³/mol. The first kappa shape index (κ1) is 26.6. The van der Waals surface area contributed by atoms with Gasteiger partial charge in [0, 0.05) is 26.7 Å². The Labute approximate surface area is 231 Å². The second kappa shape index (κ2) is 10.7. The number of piperidine rings is 1. The number of alkyl halides is 3. The van der Waals surface area contributed by atoms with Crippen LogP contribution in [0.3, 0.4) is 0 Å². The van der Waals surface area contributed by atoms with Crippen molar-refractivity contribution >= 4 is 68.8 Å². The molecule has 0 radical (unpaired) electrons. The lowest BCUT2D eigenvalue weighted by atomic mass is 9.97. The van der Waals surface area contributed by atoms with Gasteiger partial charge in [-0.2, -0.15) is 13.2 Å². The quantitative estimate of drug-likeness (QED) is 0.249. The molecule has 1 aliphatic rings. The third-order valence-corrected chi connectivity index (χ3v) is 8.15. The molecule has 12 heteroatoms. The lowest BCUT2D eigenvalue weighted by Gasteiger charge is -2.35. The van der Waals surface area contributed by atoms with Crippen molar-refractivity contribution in [2.24, 2.45) is 13.0 Å². The highest BCUT2D eigenvalue weighted by Crippen LogP contribution is 2.39. The molecule has 38 heavy (non-hydrogen) atoms. The van der Waals surface area contributed by atoms with Gasteiger partial charge in [0.1, 0.15) is 0 Å². The molecule has 200 valence electrons. The van der Waals surface area contributed by atoms with Crippen LogP contribution in [0.15, 0.2) is 47.8 Å². The van der Waals surface area contributed by atoms with Gasteiger partial charge in [0.25, 0.3) is 5.91 Å². The molecule has 0 spiro atoms. The third kappa shape index (κ3) is 5.57. The van der Waals surface area contributed by atoms with Crippen LogP contribution in [-0.4, -0.2) is 34.7 Å². The number of carbonyl (C=O) groups is 1. The number of hydrogen-bond acceptors (Lipinski definition) is 5. The summed E-state index contributed by atoms with van der Waals surface area (Å²) >= 11 is 14.3. The van der Waals surface area contributed by atoms with Crippen LogP contribution in [0.25, 0.3) is 11.0 Å². The minimum atomic E-state index is -4.24. The van der Waals surface area contributed by atoms with E-state index in [0.717, 1.165) is 11.1 Å². The first-order valence-electron chi connectivity index (χ1n) is 11.9. The van der Waals surface area contributed by atoms with Crippen LogP contribution >= 0.6 is 34.5 Å². The summed E-state index contributed by atoms with van der Waals surface area (Å²) in [6.45, 7) is 0.703. The van der Waals surface area contributed by atoms with Gasteiger partial charge in [-0.3, -0.25) is 4.79 Å². The van der Waals surface area contributed by atoms with E-state index in [-0.39, 0.29) is 18.9 Å². The van der Waals surface area contributed by atoms with Crippen LogP contribution in [0.4, 0.5) is 30.5 Å². The average Bonchev–Trinajstić information content (AvgIpc) is 3.52. The molecule has 1 saturated heterocycles. The molecule has 4 aromatic rings. The van der Waals surface area contributed by atoms with Crippen molar-refractivity contribution in [3.8, 4) is 0 Å². The normalized spacial score (nSPS) is 16.2. The van der Waals surface area contributed by atoms with Gasteiger partial charge in [0.2, 0.25) is 5.95 Å². The Morgan fingerprint density at radius 2 is 2.00 bits per heavy atom. The zero-order chi connectivity index (χ0) is 27.0. The molecule has 1 unspecified atom stereocenters. The van der Waals surface area contributed by atoms with Gasteiger partial charge in [-0.05, 0) is 54.1 Å². The van der Waals surface area contributed by atoms with Crippen LogP contribution in [-0.2, 0) is 13.6 Å².